The smallest absolute Gasteiger partial charge is 0.233 e. The molecule has 3 nitrogen and oxygen atoms in total. The molecular weight excluding hydrogens is 286 g/mol. The Bertz CT molecular complexity index is 614. The number of amides is 2. The summed E-state index contributed by atoms with van der Waals surface area (Å²) >= 11 is 0. The molecule has 118 valence electrons. The van der Waals surface area contributed by atoms with Gasteiger partial charge in [-0.05, 0) is 25.0 Å². The minimum atomic E-state index is -0.125. The van der Waals surface area contributed by atoms with Crippen molar-refractivity contribution in [1.29, 1.82) is 0 Å². The first-order valence-corrected chi connectivity index (χ1v) is 7.86. The summed E-state index contributed by atoms with van der Waals surface area (Å²) in [5, 5.41) is 0. The lowest BCUT2D eigenvalue weighted by Gasteiger charge is -2.17. The van der Waals surface area contributed by atoms with Gasteiger partial charge in [-0.3, -0.25) is 14.5 Å². The lowest BCUT2D eigenvalue weighted by Crippen LogP contribution is -2.34. The van der Waals surface area contributed by atoms with Crippen molar-refractivity contribution in [1.82, 2.24) is 0 Å². The van der Waals surface area contributed by atoms with Gasteiger partial charge in [0.1, 0.15) is 0 Å². The molecule has 1 aliphatic heterocycles. The van der Waals surface area contributed by atoms with Crippen LogP contribution in [0.15, 0.2) is 78.9 Å². The largest absolute Gasteiger partial charge is 0.274 e. The van der Waals surface area contributed by atoms with E-state index in [9.17, 15) is 9.59 Å². The van der Waals surface area contributed by atoms with E-state index >= 15 is 0 Å². The van der Waals surface area contributed by atoms with Crippen LogP contribution in [0.2, 0.25) is 0 Å². The van der Waals surface area contributed by atoms with E-state index in [0.717, 1.165) is 12.8 Å². The molecule has 1 aromatic carbocycles. The van der Waals surface area contributed by atoms with E-state index in [0.29, 0.717) is 18.5 Å². The fraction of sp³-hybridized carbons (Fsp3) is 0.200. The molecule has 0 atom stereocenters. The Kier molecular flexibility index (Phi) is 6.79. The Morgan fingerprint density at radius 2 is 0.913 bits per heavy atom. The van der Waals surface area contributed by atoms with E-state index in [-0.39, 0.29) is 11.8 Å². The number of carbonyl (C=O) groups is 2. The molecule has 0 aromatic heterocycles. The third-order valence-electron chi connectivity index (χ3n) is 3.43. The van der Waals surface area contributed by atoms with E-state index in [1.807, 2.05) is 66.7 Å². The SMILES string of the molecule is O=C1CCCCC(=O)N1c1ccccccccccccc1. The number of hydrogen-bond acceptors (Lipinski definition) is 2. The predicted molar refractivity (Wildman–Crippen MR) is 92.7 cm³/mol. The first-order valence-electron chi connectivity index (χ1n) is 7.86. The number of nitrogens with zero attached hydrogens (tertiary/aromatic N) is 1. The topological polar surface area (TPSA) is 37.4 Å². The first kappa shape index (κ1) is 16.7. The van der Waals surface area contributed by atoms with Crippen molar-refractivity contribution >= 4 is 17.5 Å². The molecule has 1 fully saturated rings. The summed E-state index contributed by atoms with van der Waals surface area (Å²) in [5.41, 5.74) is 0.604. The van der Waals surface area contributed by atoms with Gasteiger partial charge in [0.15, 0.2) is 0 Å². The van der Waals surface area contributed by atoms with Gasteiger partial charge in [-0.15, -0.1) is 0 Å². The second-order valence-corrected chi connectivity index (χ2v) is 5.21. The van der Waals surface area contributed by atoms with Crippen molar-refractivity contribution in [3.05, 3.63) is 78.9 Å². The maximum absolute atomic E-state index is 12.3. The van der Waals surface area contributed by atoms with Crippen LogP contribution in [-0.2, 0) is 9.59 Å². The lowest BCUT2D eigenvalue weighted by molar-refractivity contribution is -0.125. The fourth-order valence-electron chi connectivity index (χ4n) is 2.29. The van der Waals surface area contributed by atoms with E-state index in [2.05, 4.69) is 0 Å². The highest BCUT2D eigenvalue weighted by Gasteiger charge is 2.24. The first-order chi connectivity index (χ1) is 11.3. The van der Waals surface area contributed by atoms with Crippen LogP contribution in [0.5, 0.6) is 0 Å². The summed E-state index contributed by atoms with van der Waals surface area (Å²) in [6.07, 6.45) is 2.38. The summed E-state index contributed by atoms with van der Waals surface area (Å²) in [6, 6.07) is 24.4. The molecule has 0 bridgehead atoms. The molecule has 1 aromatic rings. The van der Waals surface area contributed by atoms with Crippen molar-refractivity contribution in [2.75, 3.05) is 4.90 Å². The second-order valence-electron chi connectivity index (χ2n) is 5.21. The van der Waals surface area contributed by atoms with Gasteiger partial charge in [-0.25, -0.2) is 0 Å². The molecular formula is C20H21NO2. The Labute approximate surface area is 137 Å². The van der Waals surface area contributed by atoms with Crippen molar-refractivity contribution in [3.63, 3.8) is 0 Å². The minimum absolute atomic E-state index is 0.125. The molecule has 0 spiro atoms. The number of hydrogen-bond donors (Lipinski definition) is 0. The molecule has 1 heterocycles. The zero-order valence-corrected chi connectivity index (χ0v) is 13.1. The molecule has 2 amide bonds. The van der Waals surface area contributed by atoms with Crippen LogP contribution in [0.1, 0.15) is 25.7 Å². The van der Waals surface area contributed by atoms with E-state index < -0.39 is 0 Å². The molecule has 1 aliphatic rings. The number of carbonyl (C=O) groups excluding carboxylic acids is 2. The fourth-order valence-corrected chi connectivity index (χ4v) is 2.29. The van der Waals surface area contributed by atoms with Crippen molar-refractivity contribution in [3.8, 4) is 0 Å². The van der Waals surface area contributed by atoms with Gasteiger partial charge >= 0.3 is 0 Å². The van der Waals surface area contributed by atoms with Gasteiger partial charge in [-0.2, -0.15) is 0 Å². The average molecular weight is 307 g/mol. The van der Waals surface area contributed by atoms with E-state index in [1.54, 1.807) is 12.1 Å². The van der Waals surface area contributed by atoms with Crippen LogP contribution in [0.4, 0.5) is 5.69 Å². The van der Waals surface area contributed by atoms with Crippen molar-refractivity contribution in [2.24, 2.45) is 0 Å². The molecule has 2 rings (SSSR count). The number of anilines is 1. The summed E-state index contributed by atoms with van der Waals surface area (Å²) in [6.45, 7) is 0. The van der Waals surface area contributed by atoms with Crippen LogP contribution >= 0.6 is 0 Å². The Balaban J connectivity index is 2.48. The highest BCUT2D eigenvalue weighted by Crippen LogP contribution is 2.19. The lowest BCUT2D eigenvalue weighted by atomic mass is 10.2. The number of rotatable bonds is 1. The quantitative estimate of drug-likeness (QED) is 0.722. The molecule has 23 heavy (non-hydrogen) atoms. The molecule has 3 heteroatoms. The zero-order valence-electron chi connectivity index (χ0n) is 13.1. The van der Waals surface area contributed by atoms with Crippen molar-refractivity contribution < 1.29 is 9.59 Å². The summed E-state index contributed by atoms with van der Waals surface area (Å²) in [4.78, 5) is 25.8. The summed E-state index contributed by atoms with van der Waals surface area (Å²) < 4.78 is 0. The maximum atomic E-state index is 12.3. The molecule has 0 radical (unpaired) electrons. The highest BCUT2D eigenvalue weighted by molar-refractivity contribution is 6.15. The van der Waals surface area contributed by atoms with E-state index in [1.165, 1.54) is 4.90 Å². The predicted octanol–water partition coefficient (Wildman–Crippen LogP) is 4.37. The summed E-state index contributed by atoms with van der Waals surface area (Å²) in [5.74, 6) is -0.250. The molecule has 0 aliphatic carbocycles. The third-order valence-corrected chi connectivity index (χ3v) is 3.43. The molecule has 0 saturated carbocycles. The van der Waals surface area contributed by atoms with Crippen LogP contribution in [0.25, 0.3) is 0 Å². The average Bonchev–Trinajstić information content (AvgIpc) is 2.70. The number of imide groups is 1. The summed E-state index contributed by atoms with van der Waals surface area (Å²) in [7, 11) is 0. The third kappa shape index (κ3) is 5.55. The monoisotopic (exact) mass is 307 g/mol. The van der Waals surface area contributed by atoms with Gasteiger partial charge in [0, 0.05) is 12.8 Å². The second kappa shape index (κ2) is 9.36. The normalized spacial score (nSPS) is 14.3. The molecule has 0 unspecified atom stereocenters. The van der Waals surface area contributed by atoms with Crippen LogP contribution in [0.3, 0.4) is 0 Å². The van der Waals surface area contributed by atoms with Gasteiger partial charge in [0.05, 0.1) is 5.69 Å². The molecule has 1 saturated heterocycles. The van der Waals surface area contributed by atoms with Gasteiger partial charge in [0.25, 0.3) is 0 Å². The van der Waals surface area contributed by atoms with Gasteiger partial charge < -0.3 is 0 Å². The van der Waals surface area contributed by atoms with Gasteiger partial charge in [-0.1, -0.05) is 66.7 Å². The van der Waals surface area contributed by atoms with Crippen LogP contribution in [0, 0.1) is 0 Å². The van der Waals surface area contributed by atoms with E-state index in [4.69, 9.17) is 0 Å². The van der Waals surface area contributed by atoms with Crippen LogP contribution < -0.4 is 4.90 Å². The highest BCUT2D eigenvalue weighted by atomic mass is 16.2. The van der Waals surface area contributed by atoms with Crippen molar-refractivity contribution in [2.45, 2.75) is 25.7 Å². The maximum Gasteiger partial charge on any atom is 0.233 e. The zero-order chi connectivity index (χ0) is 16.3. The Morgan fingerprint density at radius 1 is 0.565 bits per heavy atom. The van der Waals surface area contributed by atoms with Gasteiger partial charge in [0.2, 0.25) is 11.8 Å². The molecule has 0 N–H and O–H groups in total. The minimum Gasteiger partial charge on any atom is -0.274 e. The standard InChI is InChI=1S/C20H21NO2/c22-19-16-12-13-17-20(23)21(19)18-14-10-8-6-4-2-1-3-5-7-9-11-15-18/h1-11,14-15H,12-13,16-17H2. The van der Waals surface area contributed by atoms with Crippen LogP contribution in [-0.4, -0.2) is 11.8 Å². The Morgan fingerprint density at radius 3 is 1.30 bits per heavy atom. The Hall–Kier alpha value is -2.68.